The lowest BCUT2D eigenvalue weighted by molar-refractivity contribution is -0.159. The molecule has 4 aliphatic heterocycles. The highest BCUT2D eigenvalue weighted by molar-refractivity contribution is 7.93. The van der Waals surface area contributed by atoms with Gasteiger partial charge in [0.15, 0.2) is 19.7 Å². The van der Waals surface area contributed by atoms with Crippen molar-refractivity contribution in [2.24, 2.45) is 10.8 Å². The smallest absolute Gasteiger partial charge is 0.414 e. The van der Waals surface area contributed by atoms with Gasteiger partial charge in [-0.3, -0.25) is 0 Å². The zero-order valence-electron chi connectivity index (χ0n) is 12.8. The highest BCUT2D eigenvalue weighted by atomic mass is 32.2. The standard InChI is InChI=1S/2C5H9NO2S.C2H2O4/c2*7-9(8)3-5(4-9)1-6-2-5;3-1(4)2(5)6/h2*6H,1-4H2;(H,3,4)(H,5,6). The summed E-state index contributed by atoms with van der Waals surface area (Å²) in [5.74, 6) is -1.95. The third kappa shape index (κ3) is 4.43. The Morgan fingerprint density at radius 2 is 0.917 bits per heavy atom. The first kappa shape index (κ1) is 19.1. The predicted molar refractivity (Wildman–Crippen MR) is 83.2 cm³/mol. The summed E-state index contributed by atoms with van der Waals surface area (Å²) in [7, 11) is -5.18. The molecule has 0 aliphatic carbocycles. The van der Waals surface area contributed by atoms with Crippen LogP contribution in [0.25, 0.3) is 0 Å². The number of carboxylic acid groups (broad SMARTS) is 2. The minimum atomic E-state index is -2.59. The van der Waals surface area contributed by atoms with Gasteiger partial charge in [-0.25, -0.2) is 26.4 Å². The fourth-order valence-electron chi connectivity index (χ4n) is 3.15. The van der Waals surface area contributed by atoms with Gasteiger partial charge in [-0.1, -0.05) is 0 Å². The molecule has 4 fully saturated rings. The largest absolute Gasteiger partial charge is 0.473 e. The lowest BCUT2D eigenvalue weighted by Crippen LogP contribution is -2.66. The van der Waals surface area contributed by atoms with Crippen LogP contribution in [0.15, 0.2) is 0 Å². The van der Waals surface area contributed by atoms with E-state index in [0.717, 1.165) is 26.2 Å². The van der Waals surface area contributed by atoms with Crippen LogP contribution in [0.1, 0.15) is 0 Å². The molecule has 0 aromatic rings. The molecule has 4 rings (SSSR count). The Hall–Kier alpha value is -1.24. The first-order valence-corrected chi connectivity index (χ1v) is 10.8. The summed E-state index contributed by atoms with van der Waals surface area (Å²) in [4.78, 5) is 18.2. The fraction of sp³-hybridized carbons (Fsp3) is 0.833. The topological polar surface area (TPSA) is 167 Å². The van der Waals surface area contributed by atoms with E-state index in [1.807, 2.05) is 0 Å². The fourth-order valence-corrected chi connectivity index (χ4v) is 7.53. The van der Waals surface area contributed by atoms with Crippen molar-refractivity contribution >= 4 is 31.6 Å². The molecule has 0 radical (unpaired) electrons. The molecule has 10 nitrogen and oxygen atoms in total. The van der Waals surface area contributed by atoms with Gasteiger partial charge in [-0.2, -0.15) is 0 Å². The number of rotatable bonds is 0. The summed E-state index contributed by atoms with van der Waals surface area (Å²) < 4.78 is 42.7. The molecule has 0 aromatic heterocycles. The van der Waals surface area contributed by atoms with Crippen LogP contribution in [0.2, 0.25) is 0 Å². The Bertz CT molecular complexity index is 643. The van der Waals surface area contributed by atoms with Crippen LogP contribution in [0.5, 0.6) is 0 Å². The molecule has 0 bridgehead atoms. The van der Waals surface area contributed by atoms with Crippen LogP contribution >= 0.6 is 0 Å². The van der Waals surface area contributed by atoms with Gasteiger partial charge in [0.25, 0.3) is 0 Å². The highest BCUT2D eigenvalue weighted by Gasteiger charge is 2.52. The van der Waals surface area contributed by atoms with Crippen LogP contribution in [-0.2, 0) is 29.3 Å². The molecular formula is C12H20N2O8S2. The van der Waals surface area contributed by atoms with Crippen molar-refractivity contribution < 1.29 is 36.6 Å². The van der Waals surface area contributed by atoms with E-state index in [2.05, 4.69) is 10.6 Å². The minimum Gasteiger partial charge on any atom is -0.473 e. The summed E-state index contributed by atoms with van der Waals surface area (Å²) in [6, 6.07) is 0. The van der Waals surface area contributed by atoms with Gasteiger partial charge in [0.2, 0.25) is 0 Å². The summed E-state index contributed by atoms with van der Waals surface area (Å²) in [5, 5.41) is 20.9. The summed E-state index contributed by atoms with van der Waals surface area (Å²) in [6.45, 7) is 3.64. The van der Waals surface area contributed by atoms with Crippen LogP contribution in [0, 0.1) is 10.8 Å². The zero-order valence-corrected chi connectivity index (χ0v) is 14.5. The SMILES string of the molecule is O=C(O)C(=O)O.O=S1(=O)CC2(CNC2)C1.O=S1(=O)CC2(CNC2)C1. The molecule has 24 heavy (non-hydrogen) atoms. The second-order valence-corrected chi connectivity index (χ2v) is 11.0. The minimum absolute atomic E-state index is 0.179. The van der Waals surface area contributed by atoms with E-state index in [1.54, 1.807) is 0 Å². The second kappa shape index (κ2) is 6.24. The number of hydrogen-bond acceptors (Lipinski definition) is 8. The summed E-state index contributed by atoms with van der Waals surface area (Å²) in [6.07, 6.45) is 0. The number of hydrogen-bond donors (Lipinski definition) is 4. The van der Waals surface area contributed by atoms with E-state index in [-0.39, 0.29) is 10.8 Å². The molecule has 4 heterocycles. The third-order valence-electron chi connectivity index (χ3n) is 4.29. The molecule has 0 aromatic carbocycles. The molecule has 0 amide bonds. The number of aliphatic carboxylic acids is 2. The van der Waals surface area contributed by atoms with Crippen LogP contribution in [-0.4, -0.2) is 88.2 Å². The lowest BCUT2D eigenvalue weighted by atomic mass is 9.85. The first-order valence-electron chi connectivity index (χ1n) is 7.17. The number of carboxylic acids is 2. The number of sulfone groups is 2. The zero-order chi connectivity index (χ0) is 18.2. The van der Waals surface area contributed by atoms with Gasteiger partial charge in [-0.05, 0) is 0 Å². The maximum Gasteiger partial charge on any atom is 0.414 e. The van der Waals surface area contributed by atoms with Crippen molar-refractivity contribution in [2.75, 3.05) is 49.2 Å². The summed E-state index contributed by atoms with van der Waals surface area (Å²) >= 11 is 0. The maximum absolute atomic E-state index is 10.7. The van der Waals surface area contributed by atoms with Crippen molar-refractivity contribution in [1.82, 2.24) is 10.6 Å². The molecule has 4 saturated heterocycles. The second-order valence-electron chi connectivity index (χ2n) is 6.88. The Balaban J connectivity index is 0.000000134. The number of carbonyl (C=O) groups is 2. The molecule has 4 aliphatic rings. The normalized spacial score (nSPS) is 28.2. The van der Waals surface area contributed by atoms with E-state index in [9.17, 15) is 16.8 Å². The number of nitrogens with one attached hydrogen (secondary N) is 2. The van der Waals surface area contributed by atoms with Gasteiger partial charge >= 0.3 is 11.9 Å². The van der Waals surface area contributed by atoms with Crippen molar-refractivity contribution in [3.63, 3.8) is 0 Å². The molecule has 0 saturated carbocycles. The molecule has 4 N–H and O–H groups in total. The quantitative estimate of drug-likeness (QED) is 0.319. The van der Waals surface area contributed by atoms with Gasteiger partial charge in [0.1, 0.15) is 0 Å². The predicted octanol–water partition coefficient (Wildman–Crippen LogP) is -2.84. The van der Waals surface area contributed by atoms with Crippen LogP contribution in [0.3, 0.4) is 0 Å². The van der Waals surface area contributed by atoms with E-state index in [1.165, 1.54) is 0 Å². The van der Waals surface area contributed by atoms with Crippen molar-refractivity contribution in [3.8, 4) is 0 Å². The third-order valence-corrected chi connectivity index (χ3v) is 8.50. The molecule has 12 heteroatoms. The van der Waals surface area contributed by atoms with Gasteiger partial charge in [-0.15, -0.1) is 0 Å². The Morgan fingerprint density at radius 1 is 0.667 bits per heavy atom. The Kier molecular flexibility index (Phi) is 4.97. The maximum atomic E-state index is 10.7. The van der Waals surface area contributed by atoms with E-state index in [0.29, 0.717) is 23.0 Å². The highest BCUT2D eigenvalue weighted by Crippen LogP contribution is 2.36. The van der Waals surface area contributed by atoms with Crippen molar-refractivity contribution in [3.05, 3.63) is 0 Å². The first-order chi connectivity index (χ1) is 10.9. The van der Waals surface area contributed by atoms with Crippen molar-refractivity contribution in [1.29, 1.82) is 0 Å². The monoisotopic (exact) mass is 384 g/mol. The average Bonchev–Trinajstić information content (AvgIpc) is 2.29. The molecule has 2 spiro atoms. The Morgan fingerprint density at radius 3 is 0.958 bits per heavy atom. The van der Waals surface area contributed by atoms with Gasteiger partial charge in [0, 0.05) is 37.0 Å². The van der Waals surface area contributed by atoms with Crippen molar-refractivity contribution in [2.45, 2.75) is 0 Å². The summed E-state index contributed by atoms with van der Waals surface area (Å²) in [5.41, 5.74) is 0.359. The molecule has 138 valence electrons. The molecule has 0 unspecified atom stereocenters. The molecular weight excluding hydrogens is 364 g/mol. The van der Waals surface area contributed by atoms with Gasteiger partial charge < -0.3 is 20.8 Å². The van der Waals surface area contributed by atoms with Crippen LogP contribution < -0.4 is 10.6 Å². The average molecular weight is 384 g/mol. The van der Waals surface area contributed by atoms with E-state index >= 15 is 0 Å². The van der Waals surface area contributed by atoms with Gasteiger partial charge in [0.05, 0.1) is 23.0 Å². The lowest BCUT2D eigenvalue weighted by Gasteiger charge is -2.48. The van der Waals surface area contributed by atoms with Crippen LogP contribution in [0.4, 0.5) is 0 Å². The van der Waals surface area contributed by atoms with E-state index in [4.69, 9.17) is 19.8 Å². The molecule has 0 atom stereocenters. The van der Waals surface area contributed by atoms with E-state index < -0.39 is 31.6 Å². The Labute approximate surface area is 139 Å².